The Morgan fingerprint density at radius 2 is 2.14 bits per heavy atom. The normalized spacial score (nSPS) is 18.3. The van der Waals surface area contributed by atoms with E-state index in [9.17, 15) is 0 Å². The predicted molar refractivity (Wildman–Crippen MR) is 86.0 cm³/mol. The van der Waals surface area contributed by atoms with Crippen LogP contribution in [-0.4, -0.2) is 57.4 Å². The minimum Gasteiger partial charge on any atom is -0.492 e. The van der Waals surface area contributed by atoms with Crippen molar-refractivity contribution in [3.8, 4) is 5.75 Å². The van der Waals surface area contributed by atoms with Crippen molar-refractivity contribution in [1.29, 1.82) is 0 Å². The monoisotopic (exact) mass is 292 g/mol. The van der Waals surface area contributed by atoms with Gasteiger partial charge in [0.1, 0.15) is 12.4 Å². The first-order valence-electron chi connectivity index (χ1n) is 7.92. The maximum Gasteiger partial charge on any atom is 0.119 e. The molecule has 0 aliphatic carbocycles. The summed E-state index contributed by atoms with van der Waals surface area (Å²) in [5, 5.41) is 3.56. The van der Waals surface area contributed by atoms with Crippen LogP contribution in [0.5, 0.6) is 5.75 Å². The maximum atomic E-state index is 5.86. The van der Waals surface area contributed by atoms with Crippen LogP contribution >= 0.6 is 0 Å². The van der Waals surface area contributed by atoms with Crippen molar-refractivity contribution in [3.63, 3.8) is 0 Å². The zero-order valence-corrected chi connectivity index (χ0v) is 13.3. The van der Waals surface area contributed by atoms with Gasteiger partial charge in [-0.25, -0.2) is 0 Å². The summed E-state index contributed by atoms with van der Waals surface area (Å²) < 4.78 is 11.1. The average molecular weight is 292 g/mol. The van der Waals surface area contributed by atoms with E-state index in [0.717, 1.165) is 45.1 Å². The number of ether oxygens (including phenoxy) is 2. The van der Waals surface area contributed by atoms with Gasteiger partial charge >= 0.3 is 0 Å². The fourth-order valence-corrected chi connectivity index (χ4v) is 2.74. The van der Waals surface area contributed by atoms with E-state index in [1.54, 1.807) is 7.11 Å². The van der Waals surface area contributed by atoms with Crippen LogP contribution in [0.15, 0.2) is 24.3 Å². The number of hydrogen-bond acceptors (Lipinski definition) is 4. The summed E-state index contributed by atoms with van der Waals surface area (Å²) in [6.45, 7) is 7.73. The lowest BCUT2D eigenvalue weighted by Crippen LogP contribution is -2.41. The fourth-order valence-electron chi connectivity index (χ4n) is 2.74. The fraction of sp³-hybridized carbons (Fsp3) is 0.647. The molecule has 118 valence electrons. The molecule has 4 nitrogen and oxygen atoms in total. The quantitative estimate of drug-likeness (QED) is 0.755. The summed E-state index contributed by atoms with van der Waals surface area (Å²) in [5.41, 5.74) is 1.24. The summed E-state index contributed by atoms with van der Waals surface area (Å²) >= 11 is 0. The molecule has 1 N–H and O–H groups in total. The van der Waals surface area contributed by atoms with Gasteiger partial charge in [0.05, 0.1) is 6.61 Å². The Hall–Kier alpha value is -1.10. The first-order valence-corrected chi connectivity index (χ1v) is 7.92. The molecule has 0 saturated carbocycles. The number of aryl methyl sites for hydroxylation is 1. The Bertz CT molecular complexity index is 406. The molecule has 0 bridgehead atoms. The van der Waals surface area contributed by atoms with E-state index in [0.29, 0.717) is 6.04 Å². The minimum atomic E-state index is 0.626. The van der Waals surface area contributed by atoms with E-state index in [2.05, 4.69) is 29.3 Å². The molecule has 1 aromatic rings. The number of methoxy groups -OCH3 is 1. The smallest absolute Gasteiger partial charge is 0.119 e. The molecule has 1 aliphatic rings. The van der Waals surface area contributed by atoms with Crippen LogP contribution in [-0.2, 0) is 4.74 Å². The Morgan fingerprint density at radius 3 is 2.86 bits per heavy atom. The molecule has 1 atom stereocenters. The number of nitrogens with one attached hydrogen (secondary N) is 1. The van der Waals surface area contributed by atoms with Crippen LogP contribution < -0.4 is 10.1 Å². The molecule has 1 fully saturated rings. The molecule has 4 heteroatoms. The molecule has 2 rings (SSSR count). The standard InChI is InChI=1S/C17H28N2O2/c1-15-5-3-7-17(13-15)21-12-10-19(9-11-20-2)14-16-6-4-8-18-16/h3,5,7,13,16,18H,4,6,8-12,14H2,1-2H3. The number of benzene rings is 1. The number of rotatable bonds is 9. The Balaban J connectivity index is 1.74. The van der Waals surface area contributed by atoms with E-state index in [1.807, 2.05) is 12.1 Å². The molecule has 0 radical (unpaired) electrons. The molecule has 0 spiro atoms. The summed E-state index contributed by atoms with van der Waals surface area (Å²) in [6.07, 6.45) is 2.57. The van der Waals surface area contributed by atoms with Crippen molar-refractivity contribution < 1.29 is 9.47 Å². The van der Waals surface area contributed by atoms with Crippen molar-refractivity contribution in [2.45, 2.75) is 25.8 Å². The molecule has 0 aromatic heterocycles. The van der Waals surface area contributed by atoms with Crippen LogP contribution in [0, 0.1) is 6.92 Å². The van der Waals surface area contributed by atoms with Gasteiger partial charge in [-0.05, 0) is 44.0 Å². The SMILES string of the molecule is COCCN(CCOc1cccc(C)c1)CC1CCCN1. The molecule has 1 unspecified atom stereocenters. The molecule has 1 aromatic carbocycles. The molecule has 0 amide bonds. The van der Waals surface area contributed by atoms with E-state index in [1.165, 1.54) is 18.4 Å². The van der Waals surface area contributed by atoms with Crippen LogP contribution in [0.3, 0.4) is 0 Å². The van der Waals surface area contributed by atoms with Crippen LogP contribution in [0.25, 0.3) is 0 Å². The van der Waals surface area contributed by atoms with Crippen LogP contribution in [0.2, 0.25) is 0 Å². The van der Waals surface area contributed by atoms with Crippen molar-refractivity contribution in [2.75, 3.05) is 46.5 Å². The Kier molecular flexibility index (Phi) is 7.00. The summed E-state index contributed by atoms with van der Waals surface area (Å²) in [7, 11) is 1.76. The lowest BCUT2D eigenvalue weighted by molar-refractivity contribution is 0.129. The highest BCUT2D eigenvalue weighted by molar-refractivity contribution is 5.27. The second-order valence-corrected chi connectivity index (χ2v) is 5.75. The van der Waals surface area contributed by atoms with E-state index < -0.39 is 0 Å². The lowest BCUT2D eigenvalue weighted by Gasteiger charge is -2.25. The van der Waals surface area contributed by atoms with Gasteiger partial charge in [0, 0.05) is 32.8 Å². The average Bonchev–Trinajstić information content (AvgIpc) is 2.97. The van der Waals surface area contributed by atoms with Gasteiger partial charge in [-0.2, -0.15) is 0 Å². The zero-order chi connectivity index (χ0) is 14.9. The largest absolute Gasteiger partial charge is 0.492 e. The molecule has 1 aliphatic heterocycles. The zero-order valence-electron chi connectivity index (χ0n) is 13.3. The summed E-state index contributed by atoms with van der Waals surface area (Å²) in [4.78, 5) is 2.43. The second-order valence-electron chi connectivity index (χ2n) is 5.75. The Morgan fingerprint density at radius 1 is 1.29 bits per heavy atom. The number of nitrogens with zero attached hydrogens (tertiary/aromatic N) is 1. The maximum absolute atomic E-state index is 5.86. The van der Waals surface area contributed by atoms with Crippen LogP contribution in [0.1, 0.15) is 18.4 Å². The van der Waals surface area contributed by atoms with Gasteiger partial charge in [-0.3, -0.25) is 4.90 Å². The minimum absolute atomic E-state index is 0.626. The molecule has 1 saturated heterocycles. The third-order valence-corrected chi connectivity index (χ3v) is 3.92. The third kappa shape index (κ3) is 6.04. The van der Waals surface area contributed by atoms with Gasteiger partial charge in [0.2, 0.25) is 0 Å². The summed E-state index contributed by atoms with van der Waals surface area (Å²) in [6, 6.07) is 8.85. The van der Waals surface area contributed by atoms with E-state index in [-0.39, 0.29) is 0 Å². The summed E-state index contributed by atoms with van der Waals surface area (Å²) in [5.74, 6) is 0.959. The first kappa shape index (κ1) is 16.3. The van der Waals surface area contributed by atoms with Gasteiger partial charge in [-0.1, -0.05) is 12.1 Å². The highest BCUT2D eigenvalue weighted by atomic mass is 16.5. The molecule has 1 heterocycles. The van der Waals surface area contributed by atoms with Gasteiger partial charge < -0.3 is 14.8 Å². The van der Waals surface area contributed by atoms with Gasteiger partial charge in [-0.15, -0.1) is 0 Å². The highest BCUT2D eigenvalue weighted by Crippen LogP contribution is 2.12. The molecular formula is C17H28N2O2. The van der Waals surface area contributed by atoms with Crippen LogP contribution in [0.4, 0.5) is 0 Å². The molecule has 21 heavy (non-hydrogen) atoms. The topological polar surface area (TPSA) is 33.7 Å². The van der Waals surface area contributed by atoms with Gasteiger partial charge in [0.15, 0.2) is 0 Å². The van der Waals surface area contributed by atoms with E-state index >= 15 is 0 Å². The first-order chi connectivity index (χ1) is 10.3. The third-order valence-electron chi connectivity index (χ3n) is 3.92. The number of hydrogen-bond donors (Lipinski definition) is 1. The van der Waals surface area contributed by atoms with E-state index in [4.69, 9.17) is 9.47 Å². The second kappa shape index (κ2) is 9.03. The Labute approximate surface area is 128 Å². The van der Waals surface area contributed by atoms with Crippen molar-refractivity contribution in [3.05, 3.63) is 29.8 Å². The lowest BCUT2D eigenvalue weighted by atomic mass is 10.2. The van der Waals surface area contributed by atoms with Crippen molar-refractivity contribution in [1.82, 2.24) is 10.2 Å². The van der Waals surface area contributed by atoms with Gasteiger partial charge in [0.25, 0.3) is 0 Å². The van der Waals surface area contributed by atoms with Crippen molar-refractivity contribution in [2.24, 2.45) is 0 Å². The van der Waals surface area contributed by atoms with Crippen molar-refractivity contribution >= 4 is 0 Å². The highest BCUT2D eigenvalue weighted by Gasteiger charge is 2.17. The molecular weight excluding hydrogens is 264 g/mol. The predicted octanol–water partition coefficient (Wildman–Crippen LogP) is 2.07.